The Balaban J connectivity index is 1.37. The highest BCUT2D eigenvalue weighted by atomic mass is 19.4. The van der Waals surface area contributed by atoms with Crippen molar-refractivity contribution in [2.24, 2.45) is 0 Å². The first kappa shape index (κ1) is 21.1. The Morgan fingerprint density at radius 3 is 2.34 bits per heavy atom. The van der Waals surface area contributed by atoms with E-state index in [1.165, 1.54) is 24.3 Å². The highest BCUT2D eigenvalue weighted by Crippen LogP contribution is 2.23. The molecule has 2 aromatic rings. The number of piperazine rings is 1. The van der Waals surface area contributed by atoms with Crippen LogP contribution in [0.4, 0.5) is 18.9 Å². The number of nitrogens with zero attached hydrogens (tertiary/aromatic N) is 4. The molecule has 1 fully saturated rings. The first-order chi connectivity index (χ1) is 13.8. The molecule has 1 N–H and O–H groups in total. The summed E-state index contributed by atoms with van der Waals surface area (Å²) in [5.41, 5.74) is 0.430. The summed E-state index contributed by atoms with van der Waals surface area (Å²) in [5.74, 6) is 0.479. The normalized spacial score (nSPS) is 16.0. The lowest BCUT2D eigenvalue weighted by Crippen LogP contribution is -2.49. The van der Waals surface area contributed by atoms with E-state index >= 15 is 0 Å². The molecule has 1 aromatic carbocycles. The van der Waals surface area contributed by atoms with E-state index in [0.29, 0.717) is 5.69 Å². The molecule has 1 aliphatic rings. The second-order valence-electron chi connectivity index (χ2n) is 6.91. The molecule has 1 saturated heterocycles. The van der Waals surface area contributed by atoms with E-state index in [-0.39, 0.29) is 18.2 Å². The third kappa shape index (κ3) is 6.75. The van der Waals surface area contributed by atoms with Crippen molar-refractivity contribution >= 4 is 11.6 Å². The standard InChI is InChI=1S/C19H24F3N5O2/c1-15-23-6-7-27(15)13-12-25-8-10-26(11-9-25)14-18(28)24-16-2-4-17(5-3-16)29-19(20,21)22/h2-7H,8-14H2,1H3,(H,24,28). The smallest absolute Gasteiger partial charge is 0.406 e. The number of benzene rings is 1. The minimum atomic E-state index is -4.73. The fraction of sp³-hybridized carbons (Fsp3) is 0.474. The third-order valence-corrected chi connectivity index (χ3v) is 4.78. The Bertz CT molecular complexity index is 799. The number of amides is 1. The molecule has 158 valence electrons. The summed E-state index contributed by atoms with van der Waals surface area (Å²) in [6.07, 6.45) is -0.967. The minimum Gasteiger partial charge on any atom is -0.406 e. The van der Waals surface area contributed by atoms with Gasteiger partial charge in [0.05, 0.1) is 6.54 Å². The van der Waals surface area contributed by atoms with Gasteiger partial charge in [-0.25, -0.2) is 4.98 Å². The first-order valence-electron chi connectivity index (χ1n) is 9.36. The number of aryl methyl sites for hydroxylation is 1. The number of nitrogens with one attached hydrogen (secondary N) is 1. The van der Waals surface area contributed by atoms with Crippen LogP contribution in [-0.4, -0.2) is 70.9 Å². The zero-order valence-electron chi connectivity index (χ0n) is 16.2. The maximum Gasteiger partial charge on any atom is 0.573 e. The van der Waals surface area contributed by atoms with Gasteiger partial charge in [-0.1, -0.05) is 0 Å². The summed E-state index contributed by atoms with van der Waals surface area (Å²) in [4.78, 5) is 20.8. The largest absolute Gasteiger partial charge is 0.573 e. The molecule has 1 aromatic heterocycles. The van der Waals surface area contributed by atoms with Crippen molar-refractivity contribution in [3.8, 4) is 5.75 Å². The third-order valence-electron chi connectivity index (χ3n) is 4.78. The van der Waals surface area contributed by atoms with E-state index in [9.17, 15) is 18.0 Å². The van der Waals surface area contributed by atoms with Crippen molar-refractivity contribution in [2.45, 2.75) is 19.8 Å². The van der Waals surface area contributed by atoms with Crippen LogP contribution in [0.5, 0.6) is 5.75 Å². The van der Waals surface area contributed by atoms with Crippen molar-refractivity contribution in [1.29, 1.82) is 0 Å². The summed E-state index contributed by atoms with van der Waals surface area (Å²) < 4.78 is 42.4. The van der Waals surface area contributed by atoms with Crippen LogP contribution in [0.2, 0.25) is 0 Å². The number of anilines is 1. The molecule has 2 heterocycles. The molecule has 1 amide bonds. The zero-order valence-corrected chi connectivity index (χ0v) is 16.2. The lowest BCUT2D eigenvalue weighted by molar-refractivity contribution is -0.274. The van der Waals surface area contributed by atoms with Gasteiger partial charge in [0.25, 0.3) is 0 Å². The lowest BCUT2D eigenvalue weighted by Gasteiger charge is -2.34. The molecular weight excluding hydrogens is 387 g/mol. The van der Waals surface area contributed by atoms with Crippen molar-refractivity contribution in [3.05, 3.63) is 42.5 Å². The fourth-order valence-corrected chi connectivity index (χ4v) is 3.20. The number of aromatic nitrogens is 2. The number of imidazole rings is 1. The van der Waals surface area contributed by atoms with Gasteiger partial charge in [0.15, 0.2) is 0 Å². The van der Waals surface area contributed by atoms with Crippen molar-refractivity contribution in [3.63, 3.8) is 0 Å². The number of carbonyl (C=O) groups excluding carboxylic acids is 1. The van der Waals surface area contributed by atoms with E-state index in [4.69, 9.17) is 0 Å². The number of halogens is 3. The van der Waals surface area contributed by atoms with Crippen LogP contribution in [0, 0.1) is 6.92 Å². The van der Waals surface area contributed by atoms with Crippen LogP contribution in [0.3, 0.4) is 0 Å². The predicted molar refractivity (Wildman–Crippen MR) is 102 cm³/mol. The van der Waals surface area contributed by atoms with Gasteiger partial charge in [-0.05, 0) is 31.2 Å². The highest BCUT2D eigenvalue weighted by Gasteiger charge is 2.31. The molecular formula is C19H24F3N5O2. The van der Waals surface area contributed by atoms with Crippen molar-refractivity contribution in [1.82, 2.24) is 19.4 Å². The SMILES string of the molecule is Cc1nccn1CCN1CCN(CC(=O)Nc2ccc(OC(F)(F)F)cc2)CC1. The van der Waals surface area contributed by atoms with Crippen molar-refractivity contribution < 1.29 is 22.7 Å². The molecule has 7 nitrogen and oxygen atoms in total. The van der Waals surface area contributed by atoms with Crippen LogP contribution in [0.25, 0.3) is 0 Å². The molecule has 1 aliphatic heterocycles. The minimum absolute atomic E-state index is 0.197. The van der Waals surface area contributed by atoms with Gasteiger partial charge in [-0.3, -0.25) is 14.6 Å². The second kappa shape index (κ2) is 9.27. The number of rotatable bonds is 7. The summed E-state index contributed by atoms with van der Waals surface area (Å²) in [7, 11) is 0. The van der Waals surface area contributed by atoms with Crippen molar-refractivity contribution in [2.75, 3.05) is 44.6 Å². The number of ether oxygens (including phenoxy) is 1. The van der Waals surface area contributed by atoms with Gasteiger partial charge in [-0.15, -0.1) is 13.2 Å². The fourth-order valence-electron chi connectivity index (χ4n) is 3.20. The number of alkyl halides is 3. The van der Waals surface area contributed by atoms with Crippen LogP contribution in [-0.2, 0) is 11.3 Å². The number of carbonyl (C=O) groups is 1. The number of hydrogen-bond donors (Lipinski definition) is 1. The van der Waals surface area contributed by atoms with Gasteiger partial charge < -0.3 is 14.6 Å². The Kier molecular flexibility index (Phi) is 6.75. The van der Waals surface area contributed by atoms with Gasteiger partial charge in [0, 0.05) is 57.3 Å². The molecule has 0 atom stereocenters. The van der Waals surface area contributed by atoms with Crippen LogP contribution >= 0.6 is 0 Å². The van der Waals surface area contributed by atoms with Gasteiger partial charge >= 0.3 is 6.36 Å². The second-order valence-corrected chi connectivity index (χ2v) is 6.91. The lowest BCUT2D eigenvalue weighted by atomic mass is 10.3. The average Bonchev–Trinajstić information content (AvgIpc) is 3.06. The van der Waals surface area contributed by atoms with E-state index < -0.39 is 6.36 Å². The number of hydrogen-bond acceptors (Lipinski definition) is 5. The molecule has 0 bridgehead atoms. The maximum atomic E-state index is 12.2. The quantitative estimate of drug-likeness (QED) is 0.758. The van der Waals surface area contributed by atoms with E-state index in [1.807, 2.05) is 13.1 Å². The molecule has 29 heavy (non-hydrogen) atoms. The summed E-state index contributed by atoms with van der Waals surface area (Å²) >= 11 is 0. The first-order valence-corrected chi connectivity index (χ1v) is 9.36. The Hall–Kier alpha value is -2.59. The molecule has 0 aliphatic carbocycles. The van der Waals surface area contributed by atoms with Gasteiger partial charge in [0.2, 0.25) is 5.91 Å². The molecule has 3 rings (SSSR count). The van der Waals surface area contributed by atoms with E-state index in [0.717, 1.165) is 45.1 Å². The zero-order chi connectivity index (χ0) is 20.9. The Morgan fingerprint density at radius 2 is 1.76 bits per heavy atom. The Morgan fingerprint density at radius 1 is 1.10 bits per heavy atom. The van der Waals surface area contributed by atoms with Gasteiger partial charge in [-0.2, -0.15) is 0 Å². The van der Waals surface area contributed by atoms with Crippen LogP contribution in [0.15, 0.2) is 36.7 Å². The highest BCUT2D eigenvalue weighted by molar-refractivity contribution is 5.92. The van der Waals surface area contributed by atoms with Gasteiger partial charge in [0.1, 0.15) is 11.6 Å². The van der Waals surface area contributed by atoms with Crippen LogP contribution in [0.1, 0.15) is 5.82 Å². The molecule has 0 saturated carbocycles. The molecule has 0 spiro atoms. The summed E-state index contributed by atoms with van der Waals surface area (Å²) in [6.45, 7) is 7.38. The average molecular weight is 411 g/mol. The monoisotopic (exact) mass is 411 g/mol. The molecule has 0 unspecified atom stereocenters. The summed E-state index contributed by atoms with van der Waals surface area (Å²) in [6, 6.07) is 5.11. The summed E-state index contributed by atoms with van der Waals surface area (Å²) in [5, 5.41) is 2.70. The van der Waals surface area contributed by atoms with E-state index in [2.05, 4.69) is 29.4 Å². The van der Waals surface area contributed by atoms with E-state index in [1.54, 1.807) is 6.20 Å². The predicted octanol–water partition coefficient (Wildman–Crippen LogP) is 2.35. The topological polar surface area (TPSA) is 62.6 Å². The molecule has 0 radical (unpaired) electrons. The van der Waals surface area contributed by atoms with Crippen LogP contribution < -0.4 is 10.1 Å². The maximum absolute atomic E-state index is 12.2. The molecule has 10 heteroatoms. The Labute approximate surface area is 167 Å².